The Bertz CT molecular complexity index is 1110. The predicted octanol–water partition coefficient (Wildman–Crippen LogP) is 6.28. The summed E-state index contributed by atoms with van der Waals surface area (Å²) in [6.45, 7) is -0.0168. The second-order valence-corrected chi connectivity index (χ2v) is 7.90. The number of thiophene rings is 1. The minimum absolute atomic E-state index is 0.0168. The number of benzene rings is 2. The van der Waals surface area contributed by atoms with Crippen molar-refractivity contribution in [3.8, 4) is 0 Å². The van der Waals surface area contributed by atoms with Crippen LogP contribution in [0.15, 0.2) is 88.2 Å². The number of halogens is 6. The van der Waals surface area contributed by atoms with E-state index in [9.17, 15) is 26.3 Å². The van der Waals surface area contributed by atoms with Gasteiger partial charge in [-0.15, -0.1) is 11.3 Å². The Morgan fingerprint density at radius 2 is 1.28 bits per heavy atom. The topological polar surface area (TPSA) is 28.0 Å². The van der Waals surface area contributed by atoms with Gasteiger partial charge in [0, 0.05) is 5.56 Å². The Balaban J connectivity index is 2.00. The van der Waals surface area contributed by atoms with Gasteiger partial charge in [0.05, 0.1) is 11.4 Å². The molecule has 0 N–H and O–H groups in total. The fraction of sp³-hybridized carbons (Fsp3) is 0.182. The van der Waals surface area contributed by atoms with Crippen molar-refractivity contribution in [1.29, 1.82) is 0 Å². The molecule has 10 heteroatoms. The molecule has 1 aromatic heterocycles. The number of nitrogens with zero attached hydrogens (tertiary/aromatic N) is 3. The summed E-state index contributed by atoms with van der Waals surface area (Å²) in [5.74, 6) is -0.894. The van der Waals surface area contributed by atoms with Crippen molar-refractivity contribution >= 4 is 23.0 Å². The molecule has 2 heterocycles. The lowest BCUT2D eigenvalue weighted by Gasteiger charge is -2.39. The van der Waals surface area contributed by atoms with Gasteiger partial charge in [-0.25, -0.2) is 9.98 Å². The van der Waals surface area contributed by atoms with Gasteiger partial charge in [-0.05, 0) is 17.0 Å². The van der Waals surface area contributed by atoms with E-state index < -0.39 is 29.7 Å². The van der Waals surface area contributed by atoms with Crippen molar-refractivity contribution in [3.05, 3.63) is 94.2 Å². The van der Waals surface area contributed by atoms with E-state index in [4.69, 9.17) is 0 Å². The zero-order chi connectivity index (χ0) is 23.0. The van der Waals surface area contributed by atoms with E-state index >= 15 is 0 Å². The molecule has 0 fully saturated rings. The summed E-state index contributed by atoms with van der Waals surface area (Å²) in [4.78, 5) is 8.01. The van der Waals surface area contributed by atoms with Crippen LogP contribution in [0.1, 0.15) is 16.0 Å². The van der Waals surface area contributed by atoms with E-state index in [1.54, 1.807) is 47.8 Å². The highest BCUT2D eigenvalue weighted by atomic mass is 32.1. The van der Waals surface area contributed by atoms with Crippen molar-refractivity contribution < 1.29 is 26.3 Å². The molecule has 166 valence electrons. The quantitative estimate of drug-likeness (QED) is 0.415. The second-order valence-electron chi connectivity index (χ2n) is 6.95. The molecular formula is C22H15F6N3S. The average Bonchev–Trinajstić information content (AvgIpc) is 3.28. The molecule has 0 radical (unpaired) electrons. The van der Waals surface area contributed by atoms with E-state index in [0.717, 1.165) is 11.3 Å². The zero-order valence-electron chi connectivity index (χ0n) is 16.2. The van der Waals surface area contributed by atoms with Gasteiger partial charge >= 0.3 is 18.0 Å². The first kappa shape index (κ1) is 22.1. The van der Waals surface area contributed by atoms with Crippen LogP contribution < -0.4 is 0 Å². The maximum Gasteiger partial charge on any atom is 0.443 e. The molecule has 0 saturated heterocycles. The van der Waals surface area contributed by atoms with Gasteiger partial charge in [-0.3, -0.25) is 0 Å². The summed E-state index contributed by atoms with van der Waals surface area (Å²) in [6.07, 6.45) is -11.6. The van der Waals surface area contributed by atoms with Gasteiger partial charge in [0.25, 0.3) is 0 Å². The molecule has 3 nitrogen and oxygen atoms in total. The Hall–Kier alpha value is -3.14. The first-order valence-electron chi connectivity index (χ1n) is 9.36. The van der Waals surface area contributed by atoms with Crippen LogP contribution in [0.25, 0.3) is 0 Å². The van der Waals surface area contributed by atoms with E-state index in [-0.39, 0.29) is 17.0 Å². The standard InChI is InChI=1S/C22H15F6N3S/c23-21(24,25)20(22(26,27)28)29-18(16-10-5-2-6-11-16)31(14-15-8-3-1-4-9-15)19(30-20)17-12-7-13-32-17/h1-13H,14H2. The lowest BCUT2D eigenvalue weighted by molar-refractivity contribution is -0.293. The summed E-state index contributed by atoms with van der Waals surface area (Å²) in [5.41, 5.74) is -3.82. The van der Waals surface area contributed by atoms with Crippen LogP contribution in [0.4, 0.5) is 26.3 Å². The number of rotatable bonds is 4. The van der Waals surface area contributed by atoms with Crippen LogP contribution in [0.5, 0.6) is 0 Å². The van der Waals surface area contributed by atoms with Gasteiger partial charge < -0.3 is 4.90 Å². The first-order chi connectivity index (χ1) is 15.1. The molecule has 0 atom stereocenters. The third-order valence-corrected chi connectivity index (χ3v) is 5.66. The molecule has 2 aromatic carbocycles. The van der Waals surface area contributed by atoms with Gasteiger partial charge in [0.15, 0.2) is 0 Å². The molecule has 1 aliphatic heterocycles. The van der Waals surface area contributed by atoms with Crippen LogP contribution in [-0.2, 0) is 6.54 Å². The largest absolute Gasteiger partial charge is 0.443 e. The smallest absolute Gasteiger partial charge is 0.305 e. The summed E-state index contributed by atoms with van der Waals surface area (Å²) >= 11 is 1.00. The second kappa shape index (κ2) is 8.09. The van der Waals surface area contributed by atoms with Gasteiger partial charge in [-0.1, -0.05) is 66.7 Å². The number of alkyl halides is 6. The summed E-state index contributed by atoms with van der Waals surface area (Å²) in [5, 5.41) is 1.56. The van der Waals surface area contributed by atoms with E-state index in [1.807, 2.05) is 0 Å². The van der Waals surface area contributed by atoms with Gasteiger partial charge in [0.2, 0.25) is 0 Å². The molecule has 0 spiro atoms. The van der Waals surface area contributed by atoms with Gasteiger partial charge in [-0.2, -0.15) is 26.3 Å². The van der Waals surface area contributed by atoms with Crippen molar-refractivity contribution in [3.63, 3.8) is 0 Å². The van der Waals surface area contributed by atoms with Crippen molar-refractivity contribution in [2.75, 3.05) is 0 Å². The van der Waals surface area contributed by atoms with Crippen LogP contribution in [-0.4, -0.2) is 34.6 Å². The van der Waals surface area contributed by atoms with Crippen LogP contribution in [0, 0.1) is 0 Å². The molecule has 0 aliphatic carbocycles. The van der Waals surface area contributed by atoms with Crippen molar-refractivity contribution in [2.24, 2.45) is 9.98 Å². The maximum atomic E-state index is 14.0. The third-order valence-electron chi connectivity index (χ3n) is 4.79. The Labute approximate surface area is 183 Å². The molecule has 0 unspecified atom stereocenters. The van der Waals surface area contributed by atoms with Gasteiger partial charge in [0.1, 0.15) is 11.7 Å². The molecule has 32 heavy (non-hydrogen) atoms. The molecule has 0 bridgehead atoms. The van der Waals surface area contributed by atoms with Crippen molar-refractivity contribution in [2.45, 2.75) is 24.6 Å². The van der Waals surface area contributed by atoms with Crippen molar-refractivity contribution in [1.82, 2.24) is 4.90 Å². The van der Waals surface area contributed by atoms with E-state index in [0.29, 0.717) is 5.56 Å². The van der Waals surface area contributed by atoms with E-state index in [1.165, 1.54) is 35.2 Å². The molecule has 0 amide bonds. The SMILES string of the molecule is FC(F)(F)C1(C(F)(F)F)N=C(c2ccccc2)N(Cc2ccccc2)C(c2cccs2)=N1. The summed E-state index contributed by atoms with van der Waals surface area (Å²) < 4.78 is 84.0. The fourth-order valence-electron chi connectivity index (χ4n) is 3.28. The average molecular weight is 467 g/mol. The fourth-order valence-corrected chi connectivity index (χ4v) is 4.01. The molecule has 1 aliphatic rings. The predicted molar refractivity (Wildman–Crippen MR) is 111 cm³/mol. The third kappa shape index (κ3) is 3.90. The van der Waals surface area contributed by atoms with E-state index in [2.05, 4.69) is 9.98 Å². The molecule has 4 rings (SSSR count). The van der Waals surface area contributed by atoms with Crippen LogP contribution in [0.2, 0.25) is 0 Å². The number of hydrogen-bond donors (Lipinski definition) is 0. The Morgan fingerprint density at radius 3 is 1.81 bits per heavy atom. The highest BCUT2D eigenvalue weighted by Crippen LogP contribution is 2.49. The number of amidine groups is 2. The lowest BCUT2D eigenvalue weighted by atomic mass is 10.1. The molecule has 0 saturated carbocycles. The monoisotopic (exact) mass is 467 g/mol. The summed E-state index contributed by atoms with van der Waals surface area (Å²) in [6, 6.07) is 19.2. The highest BCUT2D eigenvalue weighted by molar-refractivity contribution is 7.12. The van der Waals surface area contributed by atoms with Crippen LogP contribution in [0.3, 0.4) is 0 Å². The Morgan fingerprint density at radius 1 is 0.719 bits per heavy atom. The first-order valence-corrected chi connectivity index (χ1v) is 10.2. The normalized spacial score (nSPS) is 16.5. The highest BCUT2D eigenvalue weighted by Gasteiger charge is 2.74. The lowest BCUT2D eigenvalue weighted by Crippen LogP contribution is -2.59. The number of aliphatic imine (C=N–C) groups is 2. The number of hydrogen-bond acceptors (Lipinski definition) is 4. The molecule has 3 aromatic rings. The summed E-state index contributed by atoms with van der Waals surface area (Å²) in [7, 11) is 0. The minimum atomic E-state index is -5.80. The zero-order valence-corrected chi connectivity index (χ0v) is 17.0. The maximum absolute atomic E-state index is 14.0. The minimum Gasteiger partial charge on any atom is -0.305 e. The molecular weight excluding hydrogens is 452 g/mol. The Kier molecular flexibility index (Phi) is 5.58. The van der Waals surface area contributed by atoms with Crippen LogP contribution >= 0.6 is 11.3 Å².